The van der Waals surface area contributed by atoms with Crippen LogP contribution < -0.4 is 16.0 Å². The highest BCUT2D eigenvalue weighted by Crippen LogP contribution is 2.33. The summed E-state index contributed by atoms with van der Waals surface area (Å²) >= 11 is 18.4. The van der Waals surface area contributed by atoms with E-state index in [2.05, 4.69) is 16.0 Å². The number of nitrogens with one attached hydrogen (secondary N) is 3. The van der Waals surface area contributed by atoms with E-state index in [0.717, 1.165) is 4.31 Å². The Hall–Kier alpha value is -2.57. The second-order valence-electron chi connectivity index (χ2n) is 10.4. The zero-order chi connectivity index (χ0) is 28.7. The van der Waals surface area contributed by atoms with Gasteiger partial charge in [-0.25, -0.2) is 13.2 Å². The predicted octanol–water partition coefficient (Wildman–Crippen LogP) is 3.01. The van der Waals surface area contributed by atoms with Crippen molar-refractivity contribution in [3.8, 4) is 0 Å². The average molecular weight is 617 g/mol. The van der Waals surface area contributed by atoms with Crippen LogP contribution in [0.15, 0.2) is 47.4 Å². The molecule has 0 aromatic heterocycles. The maximum absolute atomic E-state index is 13.9. The van der Waals surface area contributed by atoms with Crippen LogP contribution in [0.25, 0.3) is 0 Å². The van der Waals surface area contributed by atoms with Crippen LogP contribution in [0.2, 0.25) is 15.1 Å². The average Bonchev–Trinajstić information content (AvgIpc) is 2.81. The van der Waals surface area contributed by atoms with Crippen molar-refractivity contribution in [3.63, 3.8) is 0 Å². The molecule has 2 aliphatic heterocycles. The first kappa shape index (κ1) is 29.4. The van der Waals surface area contributed by atoms with E-state index in [0.29, 0.717) is 10.6 Å². The van der Waals surface area contributed by atoms with Gasteiger partial charge in [0.05, 0.1) is 11.6 Å². The number of halogens is 3. The van der Waals surface area contributed by atoms with Gasteiger partial charge in [0.1, 0.15) is 23.1 Å². The highest BCUT2D eigenvalue weighted by molar-refractivity contribution is 7.89. The molecule has 0 aliphatic carbocycles. The summed E-state index contributed by atoms with van der Waals surface area (Å²) in [5, 5.41) is 8.62. The van der Waals surface area contributed by atoms with Gasteiger partial charge in [0.2, 0.25) is 21.8 Å². The molecule has 0 saturated carbocycles. The number of hydrogen-bond donors (Lipinski definition) is 3. The summed E-state index contributed by atoms with van der Waals surface area (Å²) < 4.78 is 28.9. The van der Waals surface area contributed by atoms with Gasteiger partial charge in [0, 0.05) is 28.5 Å². The fraction of sp³-hybridized carbons (Fsp3) is 0.400. The Labute approximate surface area is 242 Å². The van der Waals surface area contributed by atoms with Gasteiger partial charge in [-0.3, -0.25) is 9.59 Å². The molecule has 0 spiro atoms. The molecule has 4 amide bonds. The fourth-order valence-corrected chi connectivity index (χ4v) is 7.19. The molecule has 2 fully saturated rings. The Morgan fingerprint density at radius 2 is 1.77 bits per heavy atom. The highest BCUT2D eigenvalue weighted by atomic mass is 35.5. The van der Waals surface area contributed by atoms with Crippen LogP contribution >= 0.6 is 34.8 Å². The lowest BCUT2D eigenvalue weighted by Gasteiger charge is -2.50. The summed E-state index contributed by atoms with van der Waals surface area (Å²) in [6.45, 7) is 4.77. The molecular weight excluding hydrogens is 589 g/mol. The molecule has 0 radical (unpaired) electrons. The topological polar surface area (TPSA) is 128 Å². The lowest BCUT2D eigenvalue weighted by atomic mass is 9.98. The van der Waals surface area contributed by atoms with Crippen LogP contribution in [0, 0.1) is 0 Å². The molecule has 4 rings (SSSR count). The molecule has 2 saturated heterocycles. The van der Waals surface area contributed by atoms with Crippen molar-refractivity contribution in [2.45, 2.75) is 55.9 Å². The zero-order valence-electron chi connectivity index (χ0n) is 21.4. The second-order valence-corrected chi connectivity index (χ2v) is 13.5. The number of hydrogen-bond acceptors (Lipinski definition) is 5. The van der Waals surface area contributed by atoms with Crippen molar-refractivity contribution in [3.05, 3.63) is 63.1 Å². The maximum Gasteiger partial charge on any atom is 0.315 e. The second kappa shape index (κ2) is 11.1. The molecule has 2 aromatic carbocycles. The molecule has 39 heavy (non-hydrogen) atoms. The first-order chi connectivity index (χ1) is 18.2. The van der Waals surface area contributed by atoms with Crippen LogP contribution in [0.3, 0.4) is 0 Å². The molecule has 2 aromatic rings. The molecule has 0 bridgehead atoms. The Morgan fingerprint density at radius 1 is 1.08 bits per heavy atom. The van der Waals surface area contributed by atoms with Gasteiger partial charge in [-0.05, 0) is 56.7 Å². The van der Waals surface area contributed by atoms with Crippen LogP contribution in [-0.2, 0) is 26.0 Å². The molecule has 2 aliphatic rings. The summed E-state index contributed by atoms with van der Waals surface area (Å²) in [5.74, 6) is -1.04. The number of urea groups is 1. The third-order valence-corrected chi connectivity index (χ3v) is 9.08. The molecule has 210 valence electrons. The van der Waals surface area contributed by atoms with Gasteiger partial charge in [-0.2, -0.15) is 4.31 Å². The molecule has 3 atom stereocenters. The Bertz CT molecular complexity index is 1420. The van der Waals surface area contributed by atoms with Crippen molar-refractivity contribution >= 4 is 62.7 Å². The largest absolute Gasteiger partial charge is 0.351 e. The summed E-state index contributed by atoms with van der Waals surface area (Å²) in [4.78, 5) is 40.6. The van der Waals surface area contributed by atoms with E-state index in [-0.39, 0.29) is 34.5 Å². The number of rotatable bonds is 5. The van der Waals surface area contributed by atoms with Gasteiger partial charge in [0.25, 0.3) is 0 Å². The Morgan fingerprint density at radius 3 is 2.41 bits per heavy atom. The minimum atomic E-state index is -4.32. The predicted molar refractivity (Wildman–Crippen MR) is 148 cm³/mol. The number of sulfonamides is 1. The van der Waals surface area contributed by atoms with E-state index in [1.54, 1.807) is 45.0 Å². The number of fused-ring (bicyclic) bond motifs is 1. The first-order valence-electron chi connectivity index (χ1n) is 12.1. The van der Waals surface area contributed by atoms with Crippen molar-refractivity contribution in [2.75, 3.05) is 13.1 Å². The molecule has 14 heteroatoms. The third-order valence-electron chi connectivity index (χ3n) is 6.26. The highest BCUT2D eigenvalue weighted by Gasteiger charge is 2.52. The Balaban J connectivity index is 1.76. The van der Waals surface area contributed by atoms with Gasteiger partial charge < -0.3 is 20.9 Å². The van der Waals surface area contributed by atoms with Crippen molar-refractivity contribution in [1.29, 1.82) is 0 Å². The Kier molecular flexibility index (Phi) is 8.39. The summed E-state index contributed by atoms with van der Waals surface area (Å²) in [6.07, 6.45) is -0.995. The SMILES string of the molecule is CC(C)(C)NC(=O)NC1CN(S(=O)(=O)c2ccc(Cl)cc2Cl)C2CNC(=O)C(Cc3cccc(Cl)c3)N2C1=O. The standard InChI is InChI=1S/C25H28Cl3N5O5S/c1-25(2,3)31-24(36)30-18-13-32(39(37,38)20-8-7-16(27)11-17(20)28)21-12-29-22(34)19(33(21)23(18)35)10-14-5-4-6-15(26)9-14/h4-9,11,18-19,21H,10,12-13H2,1-3H3,(H,29,34)(H2,30,31,36). The first-order valence-corrected chi connectivity index (χ1v) is 14.6. The van der Waals surface area contributed by atoms with Crippen molar-refractivity contribution in [2.24, 2.45) is 0 Å². The van der Waals surface area contributed by atoms with Gasteiger partial charge in [-0.1, -0.05) is 46.9 Å². The lowest BCUT2D eigenvalue weighted by Crippen LogP contribution is -2.76. The van der Waals surface area contributed by atoms with E-state index in [9.17, 15) is 22.8 Å². The monoisotopic (exact) mass is 615 g/mol. The quantitative estimate of drug-likeness (QED) is 0.476. The van der Waals surface area contributed by atoms with Crippen LogP contribution in [0.5, 0.6) is 0 Å². The minimum absolute atomic E-state index is 0.0745. The zero-order valence-corrected chi connectivity index (χ0v) is 24.5. The molecule has 3 N–H and O–H groups in total. The third kappa shape index (κ3) is 6.44. The molecule has 3 unspecified atom stereocenters. The number of carbonyl (C=O) groups is 3. The number of piperazine rings is 1. The normalized spacial score (nSPS) is 22.2. The number of nitrogens with zero attached hydrogens (tertiary/aromatic N) is 2. The van der Waals surface area contributed by atoms with E-state index >= 15 is 0 Å². The van der Waals surface area contributed by atoms with Crippen LogP contribution in [-0.4, -0.2) is 72.3 Å². The fourth-order valence-electron chi connectivity index (χ4n) is 4.63. The number of carbonyl (C=O) groups excluding carboxylic acids is 3. The van der Waals surface area contributed by atoms with E-state index in [1.807, 2.05) is 0 Å². The number of benzene rings is 2. The summed E-state index contributed by atoms with van der Waals surface area (Å²) in [5.41, 5.74) is 0.0550. The smallest absolute Gasteiger partial charge is 0.315 e. The van der Waals surface area contributed by atoms with Crippen molar-refractivity contribution < 1.29 is 22.8 Å². The van der Waals surface area contributed by atoms with E-state index < -0.39 is 51.7 Å². The minimum Gasteiger partial charge on any atom is -0.351 e. The van der Waals surface area contributed by atoms with Gasteiger partial charge in [0.15, 0.2) is 0 Å². The van der Waals surface area contributed by atoms with E-state index in [1.165, 1.54) is 23.1 Å². The lowest BCUT2D eigenvalue weighted by molar-refractivity contribution is -0.157. The van der Waals surface area contributed by atoms with E-state index in [4.69, 9.17) is 34.8 Å². The molecular formula is C25H28Cl3N5O5S. The van der Waals surface area contributed by atoms with Gasteiger partial charge in [-0.15, -0.1) is 0 Å². The van der Waals surface area contributed by atoms with Crippen LogP contribution in [0.4, 0.5) is 4.79 Å². The van der Waals surface area contributed by atoms with Gasteiger partial charge >= 0.3 is 6.03 Å². The van der Waals surface area contributed by atoms with Crippen LogP contribution in [0.1, 0.15) is 26.3 Å². The number of amides is 4. The molecule has 10 nitrogen and oxygen atoms in total. The molecule has 2 heterocycles. The maximum atomic E-state index is 13.9. The summed E-state index contributed by atoms with van der Waals surface area (Å²) in [6, 6.07) is 7.79. The summed E-state index contributed by atoms with van der Waals surface area (Å²) in [7, 11) is -4.32. The van der Waals surface area contributed by atoms with Crippen molar-refractivity contribution in [1.82, 2.24) is 25.2 Å².